The molecular weight excluding hydrogens is 312 g/mol. The van der Waals surface area contributed by atoms with Gasteiger partial charge in [0, 0.05) is 12.4 Å². The molecule has 23 heavy (non-hydrogen) atoms. The van der Waals surface area contributed by atoms with Crippen LogP contribution in [0, 0.1) is 0 Å². The number of amides is 1. The molecule has 7 heteroatoms. The molecule has 1 N–H and O–H groups in total. The van der Waals surface area contributed by atoms with Crippen molar-refractivity contribution in [3.8, 4) is 0 Å². The molecular formula is C16H16N4O2S. The van der Waals surface area contributed by atoms with Gasteiger partial charge in [-0.3, -0.25) is 19.1 Å². The highest BCUT2D eigenvalue weighted by atomic mass is 32.1. The summed E-state index contributed by atoms with van der Waals surface area (Å²) in [6.45, 7) is 1.96. The third kappa shape index (κ3) is 3.29. The van der Waals surface area contributed by atoms with Crippen molar-refractivity contribution in [1.29, 1.82) is 0 Å². The summed E-state index contributed by atoms with van der Waals surface area (Å²) >= 11 is 1.34. The van der Waals surface area contributed by atoms with Crippen LogP contribution in [0.25, 0.3) is 10.2 Å². The number of rotatable bonds is 5. The maximum atomic E-state index is 12.3. The standard InChI is InChI=1S/C16H16N4O2S/c1-2-12(11-3-6-17-7-4-11)19-14(21)9-20-10-18-13-5-8-23-15(13)16(20)22/h3-8,10,12H,2,9H2,1H3,(H,19,21)/t12-/m0/s1. The van der Waals surface area contributed by atoms with Gasteiger partial charge in [-0.05, 0) is 35.6 Å². The predicted molar refractivity (Wildman–Crippen MR) is 89.3 cm³/mol. The average Bonchev–Trinajstić information content (AvgIpc) is 3.05. The minimum Gasteiger partial charge on any atom is -0.348 e. The summed E-state index contributed by atoms with van der Waals surface area (Å²) in [4.78, 5) is 32.7. The SMILES string of the molecule is CC[C@H](NC(=O)Cn1cnc2ccsc2c1=O)c1ccncc1. The van der Waals surface area contributed by atoms with Crippen LogP contribution in [0.5, 0.6) is 0 Å². The molecule has 0 fully saturated rings. The van der Waals surface area contributed by atoms with Crippen molar-refractivity contribution < 1.29 is 4.79 Å². The smallest absolute Gasteiger partial charge is 0.271 e. The Bertz CT molecular complexity index is 872. The summed E-state index contributed by atoms with van der Waals surface area (Å²) in [5, 5.41) is 4.77. The van der Waals surface area contributed by atoms with Crippen LogP contribution in [0.3, 0.4) is 0 Å². The number of nitrogens with one attached hydrogen (secondary N) is 1. The first-order chi connectivity index (χ1) is 11.2. The van der Waals surface area contributed by atoms with Gasteiger partial charge in [-0.15, -0.1) is 11.3 Å². The van der Waals surface area contributed by atoms with E-state index < -0.39 is 0 Å². The molecule has 1 atom stereocenters. The summed E-state index contributed by atoms with van der Waals surface area (Å²) in [7, 11) is 0. The van der Waals surface area contributed by atoms with Gasteiger partial charge >= 0.3 is 0 Å². The maximum absolute atomic E-state index is 12.3. The maximum Gasteiger partial charge on any atom is 0.271 e. The molecule has 0 unspecified atom stereocenters. The van der Waals surface area contributed by atoms with Crippen molar-refractivity contribution in [3.05, 3.63) is 58.2 Å². The van der Waals surface area contributed by atoms with Gasteiger partial charge < -0.3 is 5.32 Å². The summed E-state index contributed by atoms with van der Waals surface area (Å²) in [5.74, 6) is -0.214. The number of hydrogen-bond donors (Lipinski definition) is 1. The van der Waals surface area contributed by atoms with E-state index in [0.29, 0.717) is 10.2 Å². The molecule has 1 amide bonds. The molecule has 0 aliphatic rings. The lowest BCUT2D eigenvalue weighted by molar-refractivity contribution is -0.122. The second-order valence-electron chi connectivity index (χ2n) is 5.12. The molecule has 0 bridgehead atoms. The molecule has 0 aliphatic heterocycles. The van der Waals surface area contributed by atoms with E-state index in [1.807, 2.05) is 24.4 Å². The van der Waals surface area contributed by atoms with Crippen molar-refractivity contribution in [3.63, 3.8) is 0 Å². The number of aromatic nitrogens is 3. The van der Waals surface area contributed by atoms with Gasteiger partial charge in [0.2, 0.25) is 5.91 Å². The van der Waals surface area contributed by atoms with E-state index in [4.69, 9.17) is 0 Å². The van der Waals surface area contributed by atoms with E-state index in [-0.39, 0.29) is 24.1 Å². The third-order valence-corrected chi connectivity index (χ3v) is 4.49. The lowest BCUT2D eigenvalue weighted by Gasteiger charge is -2.17. The number of hydrogen-bond acceptors (Lipinski definition) is 5. The van der Waals surface area contributed by atoms with Gasteiger partial charge in [0.05, 0.1) is 17.9 Å². The third-order valence-electron chi connectivity index (χ3n) is 3.60. The minimum atomic E-state index is -0.214. The molecule has 3 rings (SSSR count). The summed E-state index contributed by atoms with van der Waals surface area (Å²) in [6.07, 6.45) is 5.57. The van der Waals surface area contributed by atoms with E-state index in [9.17, 15) is 9.59 Å². The first-order valence-corrected chi connectivity index (χ1v) is 8.19. The minimum absolute atomic E-state index is 0.0404. The molecule has 0 aliphatic carbocycles. The monoisotopic (exact) mass is 328 g/mol. The number of pyridine rings is 1. The Labute approximate surface area is 136 Å². The lowest BCUT2D eigenvalue weighted by Crippen LogP contribution is -2.34. The Morgan fingerprint density at radius 3 is 2.87 bits per heavy atom. The van der Waals surface area contributed by atoms with Gasteiger partial charge in [-0.2, -0.15) is 0 Å². The normalized spacial score (nSPS) is 12.2. The van der Waals surface area contributed by atoms with E-state index in [1.54, 1.807) is 18.5 Å². The number of thiophene rings is 1. The van der Waals surface area contributed by atoms with Gasteiger partial charge in [0.15, 0.2) is 0 Å². The van der Waals surface area contributed by atoms with Crippen LogP contribution in [0.4, 0.5) is 0 Å². The molecule has 6 nitrogen and oxygen atoms in total. The number of fused-ring (bicyclic) bond motifs is 1. The van der Waals surface area contributed by atoms with Crippen LogP contribution in [0.2, 0.25) is 0 Å². The second-order valence-corrected chi connectivity index (χ2v) is 6.04. The predicted octanol–water partition coefficient (Wildman–Crippen LogP) is 2.12. The van der Waals surface area contributed by atoms with Crippen LogP contribution in [0.1, 0.15) is 24.9 Å². The number of carbonyl (C=O) groups is 1. The average molecular weight is 328 g/mol. The van der Waals surface area contributed by atoms with Crippen molar-refractivity contribution in [2.45, 2.75) is 25.9 Å². The Hall–Kier alpha value is -2.54. The highest BCUT2D eigenvalue weighted by Gasteiger charge is 2.14. The fraction of sp³-hybridized carbons (Fsp3) is 0.250. The van der Waals surface area contributed by atoms with Crippen molar-refractivity contribution in [1.82, 2.24) is 19.9 Å². The fourth-order valence-corrected chi connectivity index (χ4v) is 3.20. The van der Waals surface area contributed by atoms with E-state index in [2.05, 4.69) is 15.3 Å². The van der Waals surface area contributed by atoms with Gasteiger partial charge in [-0.1, -0.05) is 6.92 Å². The molecule has 0 radical (unpaired) electrons. The van der Waals surface area contributed by atoms with Crippen LogP contribution in [0.15, 0.2) is 47.1 Å². The van der Waals surface area contributed by atoms with E-state index in [1.165, 1.54) is 22.2 Å². The molecule has 3 aromatic rings. The molecule has 3 heterocycles. The van der Waals surface area contributed by atoms with E-state index in [0.717, 1.165) is 12.0 Å². The zero-order chi connectivity index (χ0) is 16.2. The zero-order valence-electron chi connectivity index (χ0n) is 12.6. The molecule has 3 aromatic heterocycles. The van der Waals surface area contributed by atoms with Crippen LogP contribution in [-0.2, 0) is 11.3 Å². The molecule has 0 aromatic carbocycles. The first kappa shape index (κ1) is 15.4. The fourth-order valence-electron chi connectivity index (χ4n) is 2.40. The van der Waals surface area contributed by atoms with Crippen LogP contribution >= 0.6 is 11.3 Å². The van der Waals surface area contributed by atoms with Crippen LogP contribution < -0.4 is 10.9 Å². The highest BCUT2D eigenvalue weighted by molar-refractivity contribution is 7.17. The summed E-state index contributed by atoms with van der Waals surface area (Å²) in [6, 6.07) is 5.45. The van der Waals surface area contributed by atoms with Gasteiger partial charge in [0.1, 0.15) is 11.2 Å². The Morgan fingerprint density at radius 1 is 1.35 bits per heavy atom. The lowest BCUT2D eigenvalue weighted by atomic mass is 10.1. The van der Waals surface area contributed by atoms with Crippen molar-refractivity contribution in [2.24, 2.45) is 0 Å². The van der Waals surface area contributed by atoms with Crippen molar-refractivity contribution in [2.75, 3.05) is 0 Å². The quantitative estimate of drug-likeness (QED) is 0.778. The first-order valence-electron chi connectivity index (χ1n) is 7.31. The largest absolute Gasteiger partial charge is 0.348 e. The van der Waals surface area contributed by atoms with Gasteiger partial charge in [0.25, 0.3) is 5.56 Å². The van der Waals surface area contributed by atoms with Crippen LogP contribution in [-0.4, -0.2) is 20.4 Å². The Morgan fingerprint density at radius 2 is 2.13 bits per heavy atom. The van der Waals surface area contributed by atoms with Gasteiger partial charge in [-0.25, -0.2) is 4.98 Å². The number of nitrogens with zero attached hydrogens (tertiary/aromatic N) is 3. The molecule has 0 saturated heterocycles. The summed E-state index contributed by atoms with van der Waals surface area (Å²) in [5.41, 5.74) is 1.48. The van der Waals surface area contributed by atoms with E-state index >= 15 is 0 Å². The molecule has 118 valence electrons. The summed E-state index contributed by atoms with van der Waals surface area (Å²) < 4.78 is 1.91. The Kier molecular flexibility index (Phi) is 4.47. The highest BCUT2D eigenvalue weighted by Crippen LogP contribution is 2.15. The topological polar surface area (TPSA) is 76.9 Å². The number of carbonyl (C=O) groups excluding carboxylic acids is 1. The zero-order valence-corrected chi connectivity index (χ0v) is 13.4. The Balaban J connectivity index is 1.75. The second kappa shape index (κ2) is 6.70. The molecule has 0 spiro atoms. The molecule has 0 saturated carbocycles. The van der Waals surface area contributed by atoms with Crippen molar-refractivity contribution >= 4 is 27.5 Å².